The molecule has 1 atom stereocenters. The Balaban J connectivity index is 2.53. The second kappa shape index (κ2) is 7.31. The van der Waals surface area contributed by atoms with Gasteiger partial charge in [-0.3, -0.25) is 9.59 Å². The highest BCUT2D eigenvalue weighted by Gasteiger charge is 2.14. The Morgan fingerprint density at radius 3 is 2.35 bits per heavy atom. The third kappa shape index (κ3) is 4.86. The van der Waals surface area contributed by atoms with Crippen LogP contribution in [0.3, 0.4) is 0 Å². The number of carboxylic acid groups (broad SMARTS) is 1. The van der Waals surface area contributed by atoms with E-state index in [1.807, 2.05) is 32.9 Å². The Hall–Kier alpha value is -1.53. The van der Waals surface area contributed by atoms with Gasteiger partial charge in [-0.25, -0.2) is 0 Å². The number of thioether (sulfide) groups is 1. The van der Waals surface area contributed by atoms with E-state index in [2.05, 4.69) is 0 Å². The summed E-state index contributed by atoms with van der Waals surface area (Å²) in [4.78, 5) is 22.3. The van der Waals surface area contributed by atoms with Crippen molar-refractivity contribution in [1.29, 1.82) is 0 Å². The van der Waals surface area contributed by atoms with Crippen LogP contribution in [0.2, 0.25) is 0 Å². The number of carbonyl (C=O) groups excluding carboxylic acids is 1. The Labute approximate surface area is 122 Å². The third-order valence-corrected chi connectivity index (χ3v) is 3.69. The van der Waals surface area contributed by atoms with Crippen LogP contribution in [-0.2, 0) is 9.59 Å². The van der Waals surface area contributed by atoms with Gasteiger partial charge in [-0.2, -0.15) is 0 Å². The molecule has 110 valence electrons. The van der Waals surface area contributed by atoms with Gasteiger partial charge in [0.05, 0.1) is 5.75 Å². The molecule has 0 saturated heterocycles. The fourth-order valence-corrected chi connectivity index (χ4v) is 2.55. The molecule has 6 heteroatoms. The van der Waals surface area contributed by atoms with E-state index in [9.17, 15) is 9.59 Å². The van der Waals surface area contributed by atoms with Crippen molar-refractivity contribution in [3.63, 3.8) is 0 Å². The number of aryl methyl sites for hydroxylation is 3. The van der Waals surface area contributed by atoms with E-state index in [0.29, 0.717) is 5.75 Å². The largest absolute Gasteiger partial charge is 0.480 e. The fourth-order valence-electron chi connectivity index (χ4n) is 1.81. The van der Waals surface area contributed by atoms with Crippen molar-refractivity contribution >= 4 is 23.7 Å². The van der Waals surface area contributed by atoms with Crippen molar-refractivity contribution in [1.82, 2.24) is 0 Å². The van der Waals surface area contributed by atoms with Crippen LogP contribution in [0.1, 0.15) is 16.7 Å². The summed E-state index contributed by atoms with van der Waals surface area (Å²) in [6, 6.07) is 2.93. The van der Waals surface area contributed by atoms with Gasteiger partial charge in [0.15, 0.2) is 0 Å². The van der Waals surface area contributed by atoms with Crippen molar-refractivity contribution in [3.05, 3.63) is 28.8 Å². The van der Waals surface area contributed by atoms with Gasteiger partial charge in [-0.05, 0) is 31.9 Å². The van der Waals surface area contributed by atoms with Crippen LogP contribution in [0.15, 0.2) is 12.1 Å². The summed E-state index contributed by atoms with van der Waals surface area (Å²) in [5, 5.41) is 8.63. The first-order valence-corrected chi connectivity index (χ1v) is 7.31. The first-order valence-electron chi connectivity index (χ1n) is 6.16. The maximum atomic E-state index is 11.7. The number of hydrogen-bond donors (Lipinski definition) is 2. The van der Waals surface area contributed by atoms with Crippen LogP contribution >= 0.6 is 11.8 Å². The van der Waals surface area contributed by atoms with Crippen molar-refractivity contribution in [2.24, 2.45) is 5.73 Å². The second-order valence-electron chi connectivity index (χ2n) is 4.66. The van der Waals surface area contributed by atoms with E-state index in [0.717, 1.165) is 28.5 Å². The van der Waals surface area contributed by atoms with Crippen molar-refractivity contribution in [3.8, 4) is 5.75 Å². The quantitative estimate of drug-likeness (QED) is 0.613. The first kappa shape index (κ1) is 16.5. The number of esters is 1. The van der Waals surface area contributed by atoms with Gasteiger partial charge in [0, 0.05) is 5.75 Å². The zero-order chi connectivity index (χ0) is 15.3. The summed E-state index contributed by atoms with van der Waals surface area (Å²) < 4.78 is 5.33. The molecule has 1 aromatic rings. The number of carbonyl (C=O) groups is 2. The van der Waals surface area contributed by atoms with Gasteiger partial charge in [-0.15, -0.1) is 11.8 Å². The lowest BCUT2D eigenvalue weighted by atomic mass is 10.1. The molecular formula is C14H19NO4S. The average molecular weight is 297 g/mol. The summed E-state index contributed by atoms with van der Waals surface area (Å²) in [6.07, 6.45) is 0. The lowest BCUT2D eigenvalue weighted by Gasteiger charge is -2.12. The maximum Gasteiger partial charge on any atom is 0.321 e. The monoisotopic (exact) mass is 297 g/mol. The molecule has 0 aliphatic rings. The molecule has 0 spiro atoms. The molecule has 0 heterocycles. The molecule has 0 bridgehead atoms. The third-order valence-electron chi connectivity index (χ3n) is 2.66. The number of ether oxygens (including phenoxy) is 1. The first-order chi connectivity index (χ1) is 9.31. The molecule has 3 N–H and O–H groups in total. The van der Waals surface area contributed by atoms with E-state index >= 15 is 0 Å². The van der Waals surface area contributed by atoms with Gasteiger partial charge < -0.3 is 15.6 Å². The topological polar surface area (TPSA) is 89.6 Å². The molecule has 20 heavy (non-hydrogen) atoms. The highest BCUT2D eigenvalue weighted by Crippen LogP contribution is 2.24. The fraction of sp³-hybridized carbons (Fsp3) is 0.429. The summed E-state index contributed by atoms with van der Waals surface area (Å²) in [5.41, 5.74) is 8.27. The van der Waals surface area contributed by atoms with Gasteiger partial charge in [0.1, 0.15) is 11.8 Å². The molecular weight excluding hydrogens is 278 g/mol. The minimum absolute atomic E-state index is 0.0771. The number of hydrogen-bond acceptors (Lipinski definition) is 5. The van der Waals surface area contributed by atoms with Gasteiger partial charge in [-0.1, -0.05) is 17.7 Å². The molecule has 0 aromatic heterocycles. The molecule has 0 aliphatic heterocycles. The van der Waals surface area contributed by atoms with Gasteiger partial charge in [0.25, 0.3) is 0 Å². The Morgan fingerprint density at radius 1 is 1.30 bits per heavy atom. The molecule has 0 saturated carbocycles. The molecule has 0 amide bonds. The number of aliphatic carboxylic acids is 1. The van der Waals surface area contributed by atoms with Crippen molar-refractivity contribution < 1.29 is 19.4 Å². The van der Waals surface area contributed by atoms with E-state index in [1.54, 1.807) is 0 Å². The smallest absolute Gasteiger partial charge is 0.321 e. The van der Waals surface area contributed by atoms with Gasteiger partial charge in [0.2, 0.25) is 0 Å². The normalized spacial score (nSPS) is 12.0. The standard InChI is InChI=1S/C14H19NO4S/c1-8-4-9(2)13(10(3)5-8)19-12(16)7-20-6-11(15)14(17)18/h4-5,11H,6-7,15H2,1-3H3,(H,17,18). The summed E-state index contributed by atoms with van der Waals surface area (Å²) >= 11 is 1.15. The molecule has 1 rings (SSSR count). The Morgan fingerprint density at radius 2 is 1.85 bits per heavy atom. The van der Waals surface area contributed by atoms with Crippen LogP contribution in [0, 0.1) is 20.8 Å². The Bertz CT molecular complexity index is 493. The summed E-state index contributed by atoms with van der Waals surface area (Å²) in [5.74, 6) is -0.646. The number of nitrogens with two attached hydrogens (primary N) is 1. The van der Waals surface area contributed by atoms with E-state index in [4.69, 9.17) is 15.6 Å². The minimum atomic E-state index is -1.07. The molecule has 1 aromatic carbocycles. The second-order valence-corrected chi connectivity index (χ2v) is 5.69. The predicted molar refractivity (Wildman–Crippen MR) is 79.2 cm³/mol. The van der Waals surface area contributed by atoms with Gasteiger partial charge >= 0.3 is 11.9 Å². The van der Waals surface area contributed by atoms with Crippen molar-refractivity contribution in [2.45, 2.75) is 26.8 Å². The van der Waals surface area contributed by atoms with E-state index in [-0.39, 0.29) is 11.5 Å². The zero-order valence-electron chi connectivity index (χ0n) is 11.8. The Kier molecular flexibility index (Phi) is 6.04. The van der Waals surface area contributed by atoms with Crippen molar-refractivity contribution in [2.75, 3.05) is 11.5 Å². The molecule has 0 fully saturated rings. The molecule has 1 unspecified atom stereocenters. The number of benzene rings is 1. The van der Waals surface area contributed by atoms with E-state index < -0.39 is 18.0 Å². The zero-order valence-corrected chi connectivity index (χ0v) is 12.6. The predicted octanol–water partition coefficient (Wildman–Crippen LogP) is 1.66. The molecule has 5 nitrogen and oxygen atoms in total. The number of carboxylic acids is 1. The van der Waals surface area contributed by atoms with Crippen LogP contribution in [0.25, 0.3) is 0 Å². The number of rotatable bonds is 6. The van der Waals surface area contributed by atoms with E-state index in [1.165, 1.54) is 0 Å². The average Bonchev–Trinajstić information content (AvgIpc) is 2.33. The lowest BCUT2D eigenvalue weighted by molar-refractivity contribution is -0.138. The highest BCUT2D eigenvalue weighted by molar-refractivity contribution is 8.00. The van der Waals surface area contributed by atoms with Crippen LogP contribution in [0.5, 0.6) is 5.75 Å². The SMILES string of the molecule is Cc1cc(C)c(OC(=O)CSCC(N)C(=O)O)c(C)c1. The highest BCUT2D eigenvalue weighted by atomic mass is 32.2. The molecule has 0 aliphatic carbocycles. The van der Waals surface area contributed by atoms with Crippen LogP contribution in [0.4, 0.5) is 0 Å². The summed E-state index contributed by atoms with van der Waals surface area (Å²) in [6.45, 7) is 5.75. The summed E-state index contributed by atoms with van der Waals surface area (Å²) in [7, 11) is 0. The minimum Gasteiger partial charge on any atom is -0.480 e. The van der Waals surface area contributed by atoms with Crippen LogP contribution in [-0.4, -0.2) is 34.6 Å². The van der Waals surface area contributed by atoms with Crippen LogP contribution < -0.4 is 10.5 Å². The molecule has 0 radical (unpaired) electrons. The maximum absolute atomic E-state index is 11.7. The lowest BCUT2D eigenvalue weighted by Crippen LogP contribution is -2.33.